The fourth-order valence-corrected chi connectivity index (χ4v) is 4.18. The Balaban J connectivity index is 1.69. The molecule has 110 valence electrons. The molecule has 4 heteroatoms. The van der Waals surface area contributed by atoms with Gasteiger partial charge in [0.15, 0.2) is 0 Å². The molecule has 1 aliphatic heterocycles. The van der Waals surface area contributed by atoms with E-state index in [9.17, 15) is 4.79 Å². The van der Waals surface area contributed by atoms with Crippen LogP contribution >= 0.6 is 0 Å². The van der Waals surface area contributed by atoms with E-state index in [-0.39, 0.29) is 5.91 Å². The zero-order chi connectivity index (χ0) is 14.4. The Bertz CT molecular complexity index is 690. The van der Waals surface area contributed by atoms with Crippen molar-refractivity contribution in [3.8, 4) is 0 Å². The van der Waals surface area contributed by atoms with Gasteiger partial charge in [-0.15, -0.1) is 0 Å². The number of carbonyl (C=O) groups is 1. The summed E-state index contributed by atoms with van der Waals surface area (Å²) in [5.41, 5.74) is 8.26. The topological polar surface area (TPSA) is 62.1 Å². The van der Waals surface area contributed by atoms with Crippen LogP contribution in [0.15, 0.2) is 24.4 Å². The molecule has 4 rings (SSSR count). The summed E-state index contributed by atoms with van der Waals surface area (Å²) in [5.74, 6) is 0.908. The lowest BCUT2D eigenvalue weighted by atomic mass is 9.91. The molecule has 2 aromatic rings. The number of H-pyrrole nitrogens is 1. The third-order valence-corrected chi connectivity index (χ3v) is 5.19. The Morgan fingerprint density at radius 3 is 3.00 bits per heavy atom. The minimum absolute atomic E-state index is 0.183. The number of amides is 1. The predicted molar refractivity (Wildman–Crippen MR) is 84.1 cm³/mol. The van der Waals surface area contributed by atoms with Crippen molar-refractivity contribution in [1.29, 1.82) is 0 Å². The number of nitrogen functional groups attached to an aromatic ring is 1. The van der Waals surface area contributed by atoms with Crippen LogP contribution in [0.4, 0.5) is 5.69 Å². The lowest BCUT2D eigenvalue weighted by Crippen LogP contribution is -2.46. The van der Waals surface area contributed by atoms with Crippen LogP contribution in [0.1, 0.15) is 42.5 Å². The Kier molecular flexibility index (Phi) is 2.91. The maximum absolute atomic E-state index is 13.0. The summed E-state index contributed by atoms with van der Waals surface area (Å²) in [4.78, 5) is 18.3. The number of rotatable bonds is 1. The fraction of sp³-hybridized carbons (Fsp3) is 0.471. The van der Waals surface area contributed by atoms with Crippen LogP contribution in [-0.2, 0) is 0 Å². The van der Waals surface area contributed by atoms with E-state index < -0.39 is 0 Å². The van der Waals surface area contributed by atoms with E-state index in [2.05, 4.69) is 9.88 Å². The summed E-state index contributed by atoms with van der Waals surface area (Å²) in [6.45, 7) is 0.904. The second kappa shape index (κ2) is 4.79. The number of benzene rings is 1. The van der Waals surface area contributed by atoms with Gasteiger partial charge in [0.25, 0.3) is 5.91 Å². The van der Waals surface area contributed by atoms with Gasteiger partial charge in [-0.3, -0.25) is 4.79 Å². The number of aromatic amines is 1. The molecule has 1 aliphatic carbocycles. The molecule has 0 radical (unpaired) electrons. The van der Waals surface area contributed by atoms with E-state index >= 15 is 0 Å². The van der Waals surface area contributed by atoms with Crippen molar-refractivity contribution in [3.63, 3.8) is 0 Å². The van der Waals surface area contributed by atoms with Gasteiger partial charge in [0.2, 0.25) is 0 Å². The van der Waals surface area contributed by atoms with Crippen LogP contribution in [-0.4, -0.2) is 28.4 Å². The lowest BCUT2D eigenvalue weighted by Gasteiger charge is -2.37. The maximum atomic E-state index is 13.0. The highest BCUT2D eigenvalue weighted by atomic mass is 16.2. The van der Waals surface area contributed by atoms with Crippen molar-refractivity contribution in [1.82, 2.24) is 9.88 Å². The fourth-order valence-electron chi connectivity index (χ4n) is 4.18. The van der Waals surface area contributed by atoms with Crippen molar-refractivity contribution in [3.05, 3.63) is 30.0 Å². The first-order valence-corrected chi connectivity index (χ1v) is 7.91. The number of fused-ring (bicyclic) bond motifs is 2. The summed E-state index contributed by atoms with van der Waals surface area (Å²) >= 11 is 0. The van der Waals surface area contributed by atoms with E-state index in [4.69, 9.17) is 5.73 Å². The van der Waals surface area contributed by atoms with Gasteiger partial charge in [0.05, 0.1) is 5.56 Å². The highest BCUT2D eigenvalue weighted by Gasteiger charge is 2.37. The molecule has 3 N–H and O–H groups in total. The first-order valence-electron chi connectivity index (χ1n) is 7.91. The summed E-state index contributed by atoms with van der Waals surface area (Å²) < 4.78 is 0. The smallest absolute Gasteiger partial charge is 0.256 e. The Morgan fingerprint density at radius 2 is 2.10 bits per heavy atom. The third-order valence-electron chi connectivity index (χ3n) is 5.19. The standard InChI is InChI=1S/C17H21N3O/c18-12-6-7-13-14(10-19-15(13)9-12)17(21)20-8-2-4-11-3-1-5-16(11)20/h6-7,9-11,16,19H,1-5,8,18H2. The van der Waals surface area contributed by atoms with Crippen LogP contribution in [0.2, 0.25) is 0 Å². The molecule has 0 bridgehead atoms. The Hall–Kier alpha value is -1.97. The van der Waals surface area contributed by atoms with E-state index in [1.54, 1.807) is 0 Å². The Labute approximate surface area is 124 Å². The van der Waals surface area contributed by atoms with Crippen molar-refractivity contribution in [2.75, 3.05) is 12.3 Å². The van der Waals surface area contributed by atoms with Crippen LogP contribution in [0.25, 0.3) is 10.9 Å². The van der Waals surface area contributed by atoms with E-state index in [1.165, 1.54) is 25.7 Å². The molecule has 0 spiro atoms. The Morgan fingerprint density at radius 1 is 1.24 bits per heavy atom. The summed E-state index contributed by atoms with van der Waals surface area (Å²) in [6.07, 6.45) is 8.00. The number of hydrogen-bond donors (Lipinski definition) is 2. The average molecular weight is 283 g/mol. The van der Waals surface area contributed by atoms with Crippen LogP contribution in [0.5, 0.6) is 0 Å². The monoisotopic (exact) mass is 283 g/mol. The number of piperidine rings is 1. The predicted octanol–water partition coefficient (Wildman–Crippen LogP) is 3.15. The van der Waals surface area contributed by atoms with Crippen molar-refractivity contribution in [2.24, 2.45) is 5.92 Å². The zero-order valence-electron chi connectivity index (χ0n) is 12.1. The van der Waals surface area contributed by atoms with Crippen LogP contribution in [0.3, 0.4) is 0 Å². The minimum Gasteiger partial charge on any atom is -0.399 e. The van der Waals surface area contributed by atoms with Gasteiger partial charge in [-0.1, -0.05) is 6.42 Å². The third kappa shape index (κ3) is 2.01. The number of likely N-dealkylation sites (tertiary alicyclic amines) is 1. The molecule has 21 heavy (non-hydrogen) atoms. The summed E-state index contributed by atoms with van der Waals surface area (Å²) in [6, 6.07) is 6.16. The lowest BCUT2D eigenvalue weighted by molar-refractivity contribution is 0.0550. The van der Waals surface area contributed by atoms with Gasteiger partial charge in [-0.25, -0.2) is 0 Å². The maximum Gasteiger partial charge on any atom is 0.256 e. The van der Waals surface area contributed by atoms with Gasteiger partial charge in [0, 0.05) is 35.4 Å². The number of nitrogens with one attached hydrogen (secondary N) is 1. The minimum atomic E-state index is 0.183. The molecular weight excluding hydrogens is 262 g/mol. The molecule has 1 saturated carbocycles. The molecule has 2 heterocycles. The number of anilines is 1. The average Bonchev–Trinajstić information content (AvgIpc) is 3.11. The largest absolute Gasteiger partial charge is 0.399 e. The summed E-state index contributed by atoms with van der Waals surface area (Å²) in [7, 11) is 0. The van der Waals surface area contributed by atoms with Crippen LogP contribution < -0.4 is 5.73 Å². The number of aromatic nitrogens is 1. The van der Waals surface area contributed by atoms with Crippen molar-refractivity contribution in [2.45, 2.75) is 38.1 Å². The molecule has 1 aromatic heterocycles. The highest BCUT2D eigenvalue weighted by molar-refractivity contribution is 6.07. The molecule has 2 aliphatic rings. The molecule has 2 fully saturated rings. The highest BCUT2D eigenvalue weighted by Crippen LogP contribution is 2.37. The second-order valence-electron chi connectivity index (χ2n) is 6.41. The van der Waals surface area contributed by atoms with Gasteiger partial charge < -0.3 is 15.6 Å². The van der Waals surface area contributed by atoms with Crippen molar-refractivity contribution < 1.29 is 4.79 Å². The van der Waals surface area contributed by atoms with Gasteiger partial charge in [-0.2, -0.15) is 0 Å². The zero-order valence-corrected chi connectivity index (χ0v) is 12.1. The van der Waals surface area contributed by atoms with Crippen LogP contribution in [0, 0.1) is 5.92 Å². The van der Waals surface area contributed by atoms with Crippen molar-refractivity contribution >= 4 is 22.5 Å². The van der Waals surface area contributed by atoms with Gasteiger partial charge in [0.1, 0.15) is 0 Å². The van der Waals surface area contributed by atoms with E-state index in [1.807, 2.05) is 24.4 Å². The second-order valence-corrected chi connectivity index (χ2v) is 6.41. The first-order chi connectivity index (χ1) is 10.2. The molecule has 2 unspecified atom stereocenters. The molecule has 1 amide bonds. The van der Waals surface area contributed by atoms with Gasteiger partial charge in [-0.05, 0) is 49.8 Å². The summed E-state index contributed by atoms with van der Waals surface area (Å²) in [5, 5.41) is 0.981. The molecule has 1 aromatic carbocycles. The number of nitrogens with zero attached hydrogens (tertiary/aromatic N) is 1. The molecule has 2 atom stereocenters. The number of nitrogens with two attached hydrogens (primary N) is 1. The molecular formula is C17H21N3O. The van der Waals surface area contributed by atoms with E-state index in [0.29, 0.717) is 6.04 Å². The van der Waals surface area contributed by atoms with E-state index in [0.717, 1.165) is 41.0 Å². The quantitative estimate of drug-likeness (QED) is 0.790. The molecule has 4 nitrogen and oxygen atoms in total. The first kappa shape index (κ1) is 12.7. The normalized spacial score (nSPS) is 25.2. The number of hydrogen-bond acceptors (Lipinski definition) is 2. The SMILES string of the molecule is Nc1ccc2c(C(=O)N3CCCC4CCCC43)c[nH]c2c1. The van der Waals surface area contributed by atoms with Gasteiger partial charge >= 0.3 is 0 Å². The molecule has 1 saturated heterocycles. The number of carbonyl (C=O) groups excluding carboxylic acids is 1.